The first-order chi connectivity index (χ1) is 14.0. The maximum Gasteiger partial charge on any atom is 0.328 e. The molecule has 0 saturated carbocycles. The first-order valence-corrected chi connectivity index (χ1v) is 8.93. The molecule has 1 heterocycles. The number of hydrogen-bond acceptors (Lipinski definition) is 6. The van der Waals surface area contributed by atoms with Crippen molar-refractivity contribution in [2.75, 3.05) is 12.4 Å². The lowest BCUT2D eigenvalue weighted by molar-refractivity contribution is -0.142. The summed E-state index contributed by atoms with van der Waals surface area (Å²) in [5.74, 6) is -1.31. The molecular weight excluding hydrogens is 372 g/mol. The molecule has 3 aromatic rings. The second-order valence-electron chi connectivity index (χ2n) is 6.37. The largest absolute Gasteiger partial charge is 0.467 e. The second kappa shape index (κ2) is 8.92. The molecule has 148 valence electrons. The Bertz CT molecular complexity index is 1070. The van der Waals surface area contributed by atoms with Gasteiger partial charge >= 0.3 is 5.97 Å². The zero-order chi connectivity index (χ0) is 20.8. The van der Waals surface area contributed by atoms with Crippen molar-refractivity contribution in [3.8, 4) is 0 Å². The van der Waals surface area contributed by atoms with E-state index in [1.807, 2.05) is 24.3 Å². The number of para-hydroxylation sites is 2. The maximum atomic E-state index is 12.6. The molecular formula is C21H20N4O4. The molecule has 0 aliphatic carbocycles. The van der Waals surface area contributed by atoms with Crippen molar-refractivity contribution in [3.05, 3.63) is 66.0 Å². The molecule has 1 atom stereocenters. The third kappa shape index (κ3) is 5.13. The number of hydrogen-bond donors (Lipinski definition) is 2. The lowest BCUT2D eigenvalue weighted by Gasteiger charge is -2.16. The number of fused-ring (bicyclic) bond motifs is 1. The third-order valence-electron chi connectivity index (χ3n) is 4.15. The highest BCUT2D eigenvalue weighted by atomic mass is 16.5. The average Bonchev–Trinajstić information content (AvgIpc) is 2.72. The van der Waals surface area contributed by atoms with Crippen molar-refractivity contribution in [1.82, 2.24) is 15.3 Å². The highest BCUT2D eigenvalue weighted by Crippen LogP contribution is 2.13. The molecule has 0 aliphatic rings. The van der Waals surface area contributed by atoms with E-state index in [4.69, 9.17) is 4.74 Å². The van der Waals surface area contributed by atoms with Gasteiger partial charge in [-0.15, -0.1) is 0 Å². The van der Waals surface area contributed by atoms with Gasteiger partial charge in [-0.25, -0.2) is 9.78 Å². The Morgan fingerprint density at radius 3 is 2.55 bits per heavy atom. The number of benzene rings is 2. The first kappa shape index (κ1) is 19.9. The van der Waals surface area contributed by atoms with E-state index in [2.05, 4.69) is 20.6 Å². The van der Waals surface area contributed by atoms with Crippen molar-refractivity contribution in [1.29, 1.82) is 0 Å². The van der Waals surface area contributed by atoms with Crippen LogP contribution < -0.4 is 10.6 Å². The van der Waals surface area contributed by atoms with Gasteiger partial charge < -0.3 is 15.4 Å². The standard InChI is InChI=1S/C21H20N4O4/c1-13(26)23-15-7-5-6-14(10-15)20(27)25-19(21(28)29-2)11-16-12-22-17-8-3-4-9-18(17)24-16/h3-10,12,19H,11H2,1-2H3,(H,23,26)(H,25,27)/t19-/m1/s1. The molecule has 2 amide bonds. The number of aromatic nitrogens is 2. The summed E-state index contributed by atoms with van der Waals surface area (Å²) >= 11 is 0. The maximum absolute atomic E-state index is 12.6. The second-order valence-corrected chi connectivity index (χ2v) is 6.37. The van der Waals surface area contributed by atoms with Crippen molar-refractivity contribution >= 4 is 34.5 Å². The number of ether oxygens (including phenoxy) is 1. The molecule has 0 saturated heterocycles. The number of methoxy groups -OCH3 is 1. The fourth-order valence-electron chi connectivity index (χ4n) is 2.82. The van der Waals surface area contributed by atoms with Crippen LogP contribution in [-0.4, -0.2) is 40.9 Å². The summed E-state index contributed by atoms with van der Waals surface area (Å²) in [6.07, 6.45) is 1.70. The Labute approximate surface area is 167 Å². The van der Waals surface area contributed by atoms with Crippen molar-refractivity contribution in [2.45, 2.75) is 19.4 Å². The molecule has 0 bridgehead atoms. The Hall–Kier alpha value is -3.81. The molecule has 0 spiro atoms. The molecule has 29 heavy (non-hydrogen) atoms. The van der Waals surface area contributed by atoms with Crippen molar-refractivity contribution < 1.29 is 19.1 Å². The molecule has 3 rings (SSSR count). The van der Waals surface area contributed by atoms with Crippen LogP contribution in [0.4, 0.5) is 5.69 Å². The molecule has 0 unspecified atom stereocenters. The zero-order valence-electron chi connectivity index (χ0n) is 16.0. The van der Waals surface area contributed by atoms with E-state index in [9.17, 15) is 14.4 Å². The predicted octanol–water partition coefficient (Wildman–Crippen LogP) is 2.10. The Kier molecular flexibility index (Phi) is 6.13. The molecule has 8 nitrogen and oxygen atoms in total. The lowest BCUT2D eigenvalue weighted by Crippen LogP contribution is -2.43. The first-order valence-electron chi connectivity index (χ1n) is 8.93. The molecule has 1 aromatic heterocycles. The Morgan fingerprint density at radius 2 is 1.83 bits per heavy atom. The van der Waals surface area contributed by atoms with E-state index >= 15 is 0 Å². The van der Waals surface area contributed by atoms with Crippen LogP contribution in [0.25, 0.3) is 11.0 Å². The number of carbonyl (C=O) groups is 3. The van der Waals surface area contributed by atoms with Crippen molar-refractivity contribution in [3.63, 3.8) is 0 Å². The van der Waals surface area contributed by atoms with Gasteiger partial charge in [0.1, 0.15) is 6.04 Å². The topological polar surface area (TPSA) is 110 Å². The highest BCUT2D eigenvalue weighted by molar-refractivity contribution is 5.98. The van der Waals surface area contributed by atoms with Crippen LogP contribution in [0.1, 0.15) is 23.0 Å². The summed E-state index contributed by atoms with van der Waals surface area (Å²) in [6.45, 7) is 1.38. The molecule has 0 aliphatic heterocycles. The number of carbonyl (C=O) groups excluding carboxylic acids is 3. The Morgan fingerprint density at radius 1 is 1.07 bits per heavy atom. The summed E-state index contributed by atoms with van der Waals surface area (Å²) in [4.78, 5) is 44.9. The van der Waals surface area contributed by atoms with Crippen LogP contribution in [0.15, 0.2) is 54.7 Å². The van der Waals surface area contributed by atoms with Crippen LogP contribution in [0, 0.1) is 0 Å². The molecule has 0 fully saturated rings. The fourth-order valence-corrected chi connectivity index (χ4v) is 2.82. The quantitative estimate of drug-likeness (QED) is 0.622. The van der Waals surface area contributed by atoms with Crippen LogP contribution in [-0.2, 0) is 20.7 Å². The number of esters is 1. The molecule has 2 aromatic carbocycles. The smallest absolute Gasteiger partial charge is 0.328 e. The highest BCUT2D eigenvalue weighted by Gasteiger charge is 2.23. The van der Waals surface area contributed by atoms with Gasteiger partial charge in [0, 0.05) is 30.8 Å². The minimum atomic E-state index is -0.938. The monoisotopic (exact) mass is 392 g/mol. The zero-order valence-corrected chi connectivity index (χ0v) is 16.0. The number of nitrogens with one attached hydrogen (secondary N) is 2. The minimum Gasteiger partial charge on any atom is -0.467 e. The summed E-state index contributed by atoms with van der Waals surface area (Å²) in [5.41, 5.74) is 2.77. The number of nitrogens with zero attached hydrogens (tertiary/aromatic N) is 2. The molecule has 8 heteroatoms. The van der Waals surface area contributed by atoms with Gasteiger partial charge in [0.15, 0.2) is 0 Å². The lowest BCUT2D eigenvalue weighted by atomic mass is 10.1. The van der Waals surface area contributed by atoms with Gasteiger partial charge in [-0.3, -0.25) is 14.6 Å². The minimum absolute atomic E-state index is 0.127. The summed E-state index contributed by atoms with van der Waals surface area (Å²) in [5, 5.41) is 5.28. The summed E-state index contributed by atoms with van der Waals surface area (Å²) < 4.78 is 4.83. The van der Waals surface area contributed by atoms with Crippen LogP contribution in [0.5, 0.6) is 0 Å². The van der Waals surface area contributed by atoms with Crippen LogP contribution >= 0.6 is 0 Å². The number of amides is 2. The van der Waals surface area contributed by atoms with E-state index in [1.54, 1.807) is 24.4 Å². The normalized spacial score (nSPS) is 11.5. The van der Waals surface area contributed by atoms with Crippen molar-refractivity contribution in [2.24, 2.45) is 0 Å². The van der Waals surface area contributed by atoms with Gasteiger partial charge in [0.05, 0.1) is 23.8 Å². The number of rotatable bonds is 6. The van der Waals surface area contributed by atoms with Gasteiger partial charge in [0.2, 0.25) is 5.91 Å². The van der Waals surface area contributed by atoms with Crippen LogP contribution in [0.2, 0.25) is 0 Å². The average molecular weight is 392 g/mol. The predicted molar refractivity (Wildman–Crippen MR) is 107 cm³/mol. The number of anilines is 1. The SMILES string of the molecule is COC(=O)[C@@H](Cc1cnc2ccccc2n1)NC(=O)c1cccc(NC(C)=O)c1. The summed E-state index contributed by atoms with van der Waals surface area (Å²) in [7, 11) is 1.25. The van der Waals surface area contributed by atoms with Crippen LogP contribution in [0.3, 0.4) is 0 Å². The fraction of sp³-hybridized carbons (Fsp3) is 0.190. The van der Waals surface area contributed by atoms with Gasteiger partial charge in [-0.1, -0.05) is 18.2 Å². The van der Waals surface area contributed by atoms with E-state index in [0.717, 1.165) is 5.52 Å². The third-order valence-corrected chi connectivity index (χ3v) is 4.15. The van der Waals surface area contributed by atoms with Gasteiger partial charge in [0.25, 0.3) is 5.91 Å². The van der Waals surface area contributed by atoms with Gasteiger partial charge in [-0.2, -0.15) is 0 Å². The van der Waals surface area contributed by atoms with Gasteiger partial charge in [-0.05, 0) is 30.3 Å². The molecule has 0 radical (unpaired) electrons. The van der Waals surface area contributed by atoms with E-state index in [0.29, 0.717) is 22.5 Å². The molecule has 2 N–H and O–H groups in total. The summed E-state index contributed by atoms with van der Waals surface area (Å²) in [6, 6.07) is 12.9. The van der Waals surface area contributed by atoms with E-state index in [1.165, 1.54) is 20.1 Å². The van der Waals surface area contributed by atoms with E-state index < -0.39 is 17.9 Å². The Balaban J connectivity index is 1.79. The van der Waals surface area contributed by atoms with E-state index in [-0.39, 0.29) is 12.3 Å².